The summed E-state index contributed by atoms with van der Waals surface area (Å²) in [6.45, 7) is 0.484. The summed E-state index contributed by atoms with van der Waals surface area (Å²) < 4.78 is 5.61. The molecule has 1 rings (SSSR count). The number of aliphatic hydroxyl groups is 1. The molecule has 0 bridgehead atoms. The van der Waals surface area contributed by atoms with Crippen LogP contribution in [-0.2, 0) is 11.2 Å². The molecule has 1 aromatic carbocycles. The van der Waals surface area contributed by atoms with E-state index in [-0.39, 0.29) is 18.6 Å². The zero-order valence-electron chi connectivity index (χ0n) is 10.6. The van der Waals surface area contributed by atoms with Crippen LogP contribution in [0.5, 0.6) is 5.75 Å². The Kier molecular flexibility index (Phi) is 6.18. The van der Waals surface area contributed by atoms with Crippen molar-refractivity contribution in [3.8, 4) is 5.75 Å². The molecule has 1 atom stereocenters. The summed E-state index contributed by atoms with van der Waals surface area (Å²) in [6.07, 6.45) is 1.07. The lowest BCUT2D eigenvalue weighted by Gasteiger charge is -2.14. The number of nitrogens with two attached hydrogens (primary N) is 1. The quantitative estimate of drug-likeness (QED) is 0.611. The number of carbonyl (C=O) groups is 1. The van der Waals surface area contributed by atoms with Crippen molar-refractivity contribution in [1.82, 2.24) is 5.32 Å². The molecule has 100 valence electrons. The van der Waals surface area contributed by atoms with E-state index in [1.54, 1.807) is 7.05 Å². The number of benzene rings is 1. The monoisotopic (exact) mass is 252 g/mol. The number of aliphatic hydroxyl groups excluding tert-OH is 1. The molecular formula is C13H20N2O3. The van der Waals surface area contributed by atoms with Crippen molar-refractivity contribution in [2.24, 2.45) is 5.73 Å². The number of para-hydroxylation sites is 1. The van der Waals surface area contributed by atoms with E-state index >= 15 is 0 Å². The molecule has 0 radical (unpaired) electrons. The van der Waals surface area contributed by atoms with Crippen LogP contribution in [0.3, 0.4) is 0 Å². The Morgan fingerprint density at radius 2 is 2.22 bits per heavy atom. The van der Waals surface area contributed by atoms with Crippen molar-refractivity contribution >= 4 is 5.91 Å². The summed E-state index contributed by atoms with van der Waals surface area (Å²) in [5.74, 6) is 0.357. The lowest BCUT2D eigenvalue weighted by atomic mass is 10.1. The van der Waals surface area contributed by atoms with Gasteiger partial charge in [-0.3, -0.25) is 4.79 Å². The van der Waals surface area contributed by atoms with Crippen LogP contribution in [-0.4, -0.2) is 37.3 Å². The van der Waals surface area contributed by atoms with Gasteiger partial charge in [0, 0.05) is 13.0 Å². The van der Waals surface area contributed by atoms with Gasteiger partial charge < -0.3 is 20.9 Å². The third-order valence-electron chi connectivity index (χ3n) is 2.71. The first-order valence-electron chi connectivity index (χ1n) is 5.97. The molecule has 0 heterocycles. The Morgan fingerprint density at radius 3 is 2.83 bits per heavy atom. The standard InChI is InChI=1S/C13H20N2O3/c1-15-11(13(14)17)7-9-18-12-5-3-2-4-10(12)6-8-16/h2-5,11,15-16H,6-9H2,1H3,(H2,14,17). The Bertz CT molecular complexity index is 382. The topological polar surface area (TPSA) is 84.6 Å². The van der Waals surface area contributed by atoms with Crippen LogP contribution in [0.15, 0.2) is 24.3 Å². The second kappa shape index (κ2) is 7.68. The van der Waals surface area contributed by atoms with E-state index < -0.39 is 0 Å². The van der Waals surface area contributed by atoms with Crippen LogP contribution >= 0.6 is 0 Å². The summed E-state index contributed by atoms with van der Waals surface area (Å²) in [5.41, 5.74) is 6.17. The van der Waals surface area contributed by atoms with Gasteiger partial charge in [0.05, 0.1) is 12.6 Å². The third kappa shape index (κ3) is 4.35. The molecule has 5 heteroatoms. The summed E-state index contributed by atoms with van der Waals surface area (Å²) in [4.78, 5) is 11.0. The van der Waals surface area contributed by atoms with E-state index in [9.17, 15) is 4.79 Å². The van der Waals surface area contributed by atoms with Crippen molar-refractivity contribution in [1.29, 1.82) is 0 Å². The molecule has 0 aromatic heterocycles. The number of ether oxygens (including phenoxy) is 1. The number of carbonyl (C=O) groups excluding carboxylic acids is 1. The third-order valence-corrected chi connectivity index (χ3v) is 2.71. The Morgan fingerprint density at radius 1 is 1.50 bits per heavy atom. The minimum Gasteiger partial charge on any atom is -0.493 e. The molecule has 0 aliphatic heterocycles. The molecular weight excluding hydrogens is 232 g/mol. The second-order valence-electron chi connectivity index (χ2n) is 3.96. The van der Waals surface area contributed by atoms with Crippen LogP contribution < -0.4 is 15.8 Å². The summed E-state index contributed by atoms with van der Waals surface area (Å²) in [5, 5.41) is 11.8. The fourth-order valence-corrected chi connectivity index (χ4v) is 1.69. The summed E-state index contributed by atoms with van der Waals surface area (Å²) in [6, 6.07) is 7.16. The zero-order chi connectivity index (χ0) is 13.4. The molecule has 4 N–H and O–H groups in total. The fraction of sp³-hybridized carbons (Fsp3) is 0.462. The van der Waals surface area contributed by atoms with Crippen LogP contribution in [0.4, 0.5) is 0 Å². The second-order valence-corrected chi connectivity index (χ2v) is 3.96. The molecule has 1 aromatic rings. The van der Waals surface area contributed by atoms with Crippen molar-refractivity contribution in [3.63, 3.8) is 0 Å². The number of amides is 1. The van der Waals surface area contributed by atoms with E-state index in [2.05, 4.69) is 5.32 Å². The molecule has 1 unspecified atom stereocenters. The maximum absolute atomic E-state index is 11.0. The molecule has 0 saturated heterocycles. The van der Waals surface area contributed by atoms with Gasteiger partial charge in [-0.15, -0.1) is 0 Å². The van der Waals surface area contributed by atoms with Crippen LogP contribution in [0, 0.1) is 0 Å². The van der Waals surface area contributed by atoms with Gasteiger partial charge >= 0.3 is 0 Å². The first-order chi connectivity index (χ1) is 8.69. The van der Waals surface area contributed by atoms with Crippen LogP contribution in [0.25, 0.3) is 0 Å². The van der Waals surface area contributed by atoms with Crippen molar-refractivity contribution in [3.05, 3.63) is 29.8 Å². The van der Waals surface area contributed by atoms with Crippen LogP contribution in [0.2, 0.25) is 0 Å². The largest absolute Gasteiger partial charge is 0.493 e. The van der Waals surface area contributed by atoms with Gasteiger partial charge in [0.2, 0.25) is 5.91 Å². The van der Waals surface area contributed by atoms with E-state index in [1.807, 2.05) is 24.3 Å². The van der Waals surface area contributed by atoms with Crippen molar-refractivity contribution < 1.29 is 14.6 Å². The minimum atomic E-state index is -0.384. The van der Waals surface area contributed by atoms with Gasteiger partial charge in [-0.25, -0.2) is 0 Å². The fourth-order valence-electron chi connectivity index (χ4n) is 1.69. The van der Waals surface area contributed by atoms with E-state index in [0.29, 0.717) is 19.4 Å². The van der Waals surface area contributed by atoms with E-state index in [0.717, 1.165) is 11.3 Å². The van der Waals surface area contributed by atoms with Gasteiger partial charge in [0.1, 0.15) is 5.75 Å². The number of nitrogens with one attached hydrogen (secondary N) is 1. The minimum absolute atomic E-state index is 0.0841. The van der Waals surface area contributed by atoms with Gasteiger partial charge in [0.25, 0.3) is 0 Å². The summed E-state index contributed by atoms with van der Waals surface area (Å²) in [7, 11) is 1.69. The number of hydrogen-bond donors (Lipinski definition) is 3. The smallest absolute Gasteiger partial charge is 0.234 e. The first-order valence-corrected chi connectivity index (χ1v) is 5.97. The lowest BCUT2D eigenvalue weighted by Crippen LogP contribution is -2.40. The van der Waals surface area contributed by atoms with Gasteiger partial charge in [-0.1, -0.05) is 18.2 Å². The average molecular weight is 252 g/mol. The molecule has 0 fully saturated rings. The predicted octanol–water partition coefficient (Wildman–Crippen LogP) is 0.0636. The Hall–Kier alpha value is -1.59. The summed E-state index contributed by atoms with van der Waals surface area (Å²) >= 11 is 0. The molecule has 0 spiro atoms. The highest BCUT2D eigenvalue weighted by Crippen LogP contribution is 2.18. The molecule has 0 saturated carbocycles. The van der Waals surface area contributed by atoms with E-state index in [4.69, 9.17) is 15.6 Å². The highest BCUT2D eigenvalue weighted by Gasteiger charge is 2.12. The van der Waals surface area contributed by atoms with Gasteiger partial charge in [-0.05, 0) is 25.1 Å². The SMILES string of the molecule is CNC(CCOc1ccccc1CCO)C(N)=O. The molecule has 1 amide bonds. The highest BCUT2D eigenvalue weighted by molar-refractivity contribution is 5.79. The molecule has 5 nitrogen and oxygen atoms in total. The Labute approximate surface area is 107 Å². The maximum atomic E-state index is 11.0. The van der Waals surface area contributed by atoms with Gasteiger partial charge in [-0.2, -0.15) is 0 Å². The average Bonchev–Trinajstić information content (AvgIpc) is 2.36. The predicted molar refractivity (Wildman–Crippen MR) is 69.4 cm³/mol. The van der Waals surface area contributed by atoms with Gasteiger partial charge in [0.15, 0.2) is 0 Å². The molecule has 0 aliphatic carbocycles. The van der Waals surface area contributed by atoms with Crippen LogP contribution in [0.1, 0.15) is 12.0 Å². The lowest BCUT2D eigenvalue weighted by molar-refractivity contribution is -0.120. The van der Waals surface area contributed by atoms with Crippen molar-refractivity contribution in [2.45, 2.75) is 18.9 Å². The number of hydrogen-bond acceptors (Lipinski definition) is 4. The Balaban J connectivity index is 2.50. The maximum Gasteiger partial charge on any atom is 0.234 e. The number of primary amides is 1. The molecule has 0 aliphatic rings. The number of likely N-dealkylation sites (N-methyl/N-ethyl adjacent to an activating group) is 1. The highest BCUT2D eigenvalue weighted by atomic mass is 16.5. The first kappa shape index (κ1) is 14.5. The zero-order valence-corrected chi connectivity index (χ0v) is 10.6. The van der Waals surface area contributed by atoms with E-state index in [1.165, 1.54) is 0 Å². The van der Waals surface area contributed by atoms with Crippen molar-refractivity contribution in [2.75, 3.05) is 20.3 Å². The number of rotatable bonds is 8. The molecule has 18 heavy (non-hydrogen) atoms. The normalized spacial score (nSPS) is 12.1.